The van der Waals surface area contributed by atoms with Crippen molar-refractivity contribution in [2.75, 3.05) is 17.7 Å². The Morgan fingerprint density at radius 3 is 2.71 bits per heavy atom. The highest BCUT2D eigenvalue weighted by molar-refractivity contribution is 7.22. The maximum atomic E-state index is 11.1. The zero-order valence-corrected chi connectivity index (χ0v) is 12.6. The van der Waals surface area contributed by atoms with Crippen LogP contribution in [0.4, 0.5) is 10.8 Å². The maximum Gasteiger partial charge on any atom is 0.223 e. The summed E-state index contributed by atoms with van der Waals surface area (Å²) in [4.78, 5) is 15.5. The lowest BCUT2D eigenvalue weighted by Gasteiger charge is -2.05. The molecule has 0 saturated heterocycles. The minimum absolute atomic E-state index is 0.101. The van der Waals surface area contributed by atoms with Gasteiger partial charge in [0, 0.05) is 19.7 Å². The minimum atomic E-state index is -0.101. The lowest BCUT2D eigenvalue weighted by molar-refractivity contribution is -0.114. The molecular weight excluding hydrogens is 282 g/mol. The van der Waals surface area contributed by atoms with Crippen molar-refractivity contribution in [3.63, 3.8) is 0 Å². The fourth-order valence-corrected chi connectivity index (χ4v) is 3.11. The molecule has 3 rings (SSSR count). The van der Waals surface area contributed by atoms with Crippen LogP contribution in [0.5, 0.6) is 0 Å². The van der Waals surface area contributed by atoms with Crippen LogP contribution in [0.25, 0.3) is 21.3 Å². The molecule has 1 amide bonds. The third kappa shape index (κ3) is 2.87. The molecule has 0 aliphatic rings. The topological polar surface area (TPSA) is 54.0 Å². The summed E-state index contributed by atoms with van der Waals surface area (Å²) in [6, 6.07) is 14.4. The molecule has 0 radical (unpaired) electrons. The number of carbonyl (C=O) groups is 1. The van der Waals surface area contributed by atoms with Gasteiger partial charge in [0.25, 0.3) is 0 Å². The number of amides is 1. The molecule has 1 aromatic heterocycles. The number of carbonyl (C=O) groups excluding carboxylic acids is 1. The first-order chi connectivity index (χ1) is 10.2. The molecular formula is C16H15N3OS. The van der Waals surface area contributed by atoms with E-state index in [1.54, 1.807) is 0 Å². The molecule has 2 N–H and O–H groups in total. The Labute approximate surface area is 126 Å². The molecule has 4 nitrogen and oxygen atoms in total. The van der Waals surface area contributed by atoms with Gasteiger partial charge in [0.1, 0.15) is 0 Å². The SMILES string of the molecule is CNc1cccc(-c2ccc3nc(NC(C)=O)sc3c2)c1. The van der Waals surface area contributed by atoms with E-state index in [0.717, 1.165) is 27.0 Å². The zero-order valence-electron chi connectivity index (χ0n) is 11.8. The summed E-state index contributed by atoms with van der Waals surface area (Å²) in [5.74, 6) is -0.101. The van der Waals surface area contributed by atoms with E-state index in [2.05, 4.69) is 33.8 Å². The Morgan fingerprint density at radius 2 is 1.95 bits per heavy atom. The molecule has 1 heterocycles. The normalized spacial score (nSPS) is 10.6. The molecule has 106 valence electrons. The highest BCUT2D eigenvalue weighted by atomic mass is 32.1. The molecule has 0 bridgehead atoms. The molecule has 0 aliphatic carbocycles. The Hall–Kier alpha value is -2.40. The van der Waals surface area contributed by atoms with Crippen LogP contribution in [0.15, 0.2) is 42.5 Å². The summed E-state index contributed by atoms with van der Waals surface area (Å²) in [6.45, 7) is 1.49. The smallest absolute Gasteiger partial charge is 0.223 e. The number of thiazole rings is 1. The standard InChI is InChI=1S/C16H15N3OS/c1-10(20)18-16-19-14-7-6-12(9-15(14)21-16)11-4-3-5-13(8-11)17-2/h3-9,17H,1-2H3,(H,18,19,20). The van der Waals surface area contributed by atoms with Crippen LogP contribution >= 0.6 is 11.3 Å². The molecule has 3 aromatic rings. The summed E-state index contributed by atoms with van der Waals surface area (Å²) in [5.41, 5.74) is 4.27. The second kappa shape index (κ2) is 5.54. The third-order valence-corrected chi connectivity index (χ3v) is 4.09. The highest BCUT2D eigenvalue weighted by Gasteiger charge is 2.07. The average molecular weight is 297 g/mol. The highest BCUT2D eigenvalue weighted by Crippen LogP contribution is 2.31. The number of hydrogen-bond donors (Lipinski definition) is 2. The van der Waals surface area contributed by atoms with Gasteiger partial charge in [0.15, 0.2) is 5.13 Å². The Balaban J connectivity index is 2.01. The van der Waals surface area contributed by atoms with E-state index in [9.17, 15) is 4.79 Å². The molecule has 0 unspecified atom stereocenters. The molecule has 0 saturated carbocycles. The van der Waals surface area contributed by atoms with Crippen molar-refractivity contribution >= 4 is 38.3 Å². The van der Waals surface area contributed by atoms with Gasteiger partial charge in [-0.2, -0.15) is 0 Å². The molecule has 0 aliphatic heterocycles. The molecule has 0 fully saturated rings. The summed E-state index contributed by atoms with van der Waals surface area (Å²) in [7, 11) is 1.91. The number of hydrogen-bond acceptors (Lipinski definition) is 4. The quantitative estimate of drug-likeness (QED) is 0.769. The van der Waals surface area contributed by atoms with E-state index in [0.29, 0.717) is 5.13 Å². The van der Waals surface area contributed by atoms with Gasteiger partial charge in [-0.3, -0.25) is 4.79 Å². The van der Waals surface area contributed by atoms with E-state index in [1.165, 1.54) is 18.3 Å². The molecule has 2 aromatic carbocycles. The number of rotatable bonds is 3. The van der Waals surface area contributed by atoms with Gasteiger partial charge in [-0.1, -0.05) is 29.5 Å². The van der Waals surface area contributed by atoms with E-state index in [1.807, 2.05) is 31.3 Å². The first-order valence-electron chi connectivity index (χ1n) is 6.62. The summed E-state index contributed by atoms with van der Waals surface area (Å²) >= 11 is 1.49. The minimum Gasteiger partial charge on any atom is -0.388 e. The van der Waals surface area contributed by atoms with Gasteiger partial charge >= 0.3 is 0 Å². The maximum absolute atomic E-state index is 11.1. The number of nitrogens with one attached hydrogen (secondary N) is 2. The Bertz CT molecular complexity index is 810. The molecule has 5 heteroatoms. The van der Waals surface area contributed by atoms with E-state index >= 15 is 0 Å². The van der Waals surface area contributed by atoms with Crippen LogP contribution in [0.2, 0.25) is 0 Å². The lowest BCUT2D eigenvalue weighted by atomic mass is 10.1. The summed E-state index contributed by atoms with van der Waals surface area (Å²) < 4.78 is 1.06. The van der Waals surface area contributed by atoms with Crippen molar-refractivity contribution in [2.24, 2.45) is 0 Å². The summed E-state index contributed by atoms with van der Waals surface area (Å²) in [5, 5.41) is 6.51. The van der Waals surface area contributed by atoms with Gasteiger partial charge in [0.05, 0.1) is 10.2 Å². The number of aromatic nitrogens is 1. The van der Waals surface area contributed by atoms with Gasteiger partial charge in [0.2, 0.25) is 5.91 Å². The predicted molar refractivity (Wildman–Crippen MR) is 88.9 cm³/mol. The van der Waals surface area contributed by atoms with E-state index < -0.39 is 0 Å². The molecule has 21 heavy (non-hydrogen) atoms. The van der Waals surface area contributed by atoms with Gasteiger partial charge in [-0.15, -0.1) is 0 Å². The lowest BCUT2D eigenvalue weighted by Crippen LogP contribution is -2.04. The molecule has 0 atom stereocenters. The van der Waals surface area contributed by atoms with Crippen LogP contribution in [-0.4, -0.2) is 17.9 Å². The van der Waals surface area contributed by atoms with Crippen molar-refractivity contribution in [1.82, 2.24) is 4.98 Å². The largest absolute Gasteiger partial charge is 0.388 e. The summed E-state index contributed by atoms with van der Waals surface area (Å²) in [6.07, 6.45) is 0. The van der Waals surface area contributed by atoms with E-state index in [4.69, 9.17) is 0 Å². The van der Waals surface area contributed by atoms with Crippen molar-refractivity contribution in [1.29, 1.82) is 0 Å². The van der Waals surface area contributed by atoms with Crippen molar-refractivity contribution in [2.45, 2.75) is 6.92 Å². The van der Waals surface area contributed by atoms with Gasteiger partial charge in [-0.05, 0) is 35.4 Å². The first kappa shape index (κ1) is 13.6. The van der Waals surface area contributed by atoms with Crippen LogP contribution in [0.3, 0.4) is 0 Å². The van der Waals surface area contributed by atoms with Crippen LogP contribution < -0.4 is 10.6 Å². The monoisotopic (exact) mass is 297 g/mol. The van der Waals surface area contributed by atoms with Crippen LogP contribution in [0.1, 0.15) is 6.92 Å². The fraction of sp³-hybridized carbons (Fsp3) is 0.125. The number of benzene rings is 2. The second-order valence-electron chi connectivity index (χ2n) is 4.71. The van der Waals surface area contributed by atoms with Crippen LogP contribution in [0, 0.1) is 0 Å². The third-order valence-electron chi connectivity index (χ3n) is 3.16. The van der Waals surface area contributed by atoms with Crippen molar-refractivity contribution in [3.05, 3.63) is 42.5 Å². The average Bonchev–Trinajstić information content (AvgIpc) is 2.87. The van der Waals surface area contributed by atoms with E-state index in [-0.39, 0.29) is 5.91 Å². The Kier molecular flexibility index (Phi) is 3.58. The van der Waals surface area contributed by atoms with Crippen molar-refractivity contribution < 1.29 is 4.79 Å². The first-order valence-corrected chi connectivity index (χ1v) is 7.44. The number of fused-ring (bicyclic) bond motifs is 1. The molecule has 0 spiro atoms. The number of anilines is 2. The number of nitrogens with zero attached hydrogens (tertiary/aromatic N) is 1. The van der Waals surface area contributed by atoms with Gasteiger partial charge < -0.3 is 10.6 Å². The second-order valence-corrected chi connectivity index (χ2v) is 5.74. The van der Waals surface area contributed by atoms with Crippen molar-refractivity contribution in [3.8, 4) is 11.1 Å². The zero-order chi connectivity index (χ0) is 14.8. The Morgan fingerprint density at radius 1 is 1.14 bits per heavy atom. The van der Waals surface area contributed by atoms with Crippen LogP contribution in [-0.2, 0) is 4.79 Å². The van der Waals surface area contributed by atoms with Gasteiger partial charge in [-0.25, -0.2) is 4.98 Å². The fourth-order valence-electron chi connectivity index (χ4n) is 2.16. The predicted octanol–water partition coefficient (Wildman–Crippen LogP) is 3.96.